The number of nitrogens with zero attached hydrogens (tertiary/aromatic N) is 1. The second-order valence-electron chi connectivity index (χ2n) is 6.36. The molecule has 4 rings (SSSR count). The van der Waals surface area contributed by atoms with Gasteiger partial charge in [0, 0.05) is 34.2 Å². The Morgan fingerprint density at radius 2 is 1.87 bits per heavy atom. The van der Waals surface area contributed by atoms with Gasteiger partial charge in [0.1, 0.15) is 12.3 Å². The minimum absolute atomic E-state index is 0.310. The molecule has 4 aromatic rings. The lowest BCUT2D eigenvalue weighted by molar-refractivity contribution is -0.695. The summed E-state index contributed by atoms with van der Waals surface area (Å²) in [7, 11) is 0. The number of H-pyrrole nitrogens is 1. The molecular weight excluding hydrogens is 284 g/mol. The van der Waals surface area contributed by atoms with E-state index in [4.69, 9.17) is 0 Å². The van der Waals surface area contributed by atoms with Crippen LogP contribution in [0.3, 0.4) is 0 Å². The number of pyridine rings is 1. The van der Waals surface area contributed by atoms with Crippen molar-refractivity contribution in [2.45, 2.75) is 33.7 Å². The van der Waals surface area contributed by atoms with Gasteiger partial charge in [-0.25, -0.2) is 4.57 Å². The smallest absolute Gasteiger partial charge is 0.176 e. The molecule has 0 saturated carbocycles. The zero-order valence-corrected chi connectivity index (χ0v) is 13.8. The highest BCUT2D eigenvalue weighted by Gasteiger charge is 2.16. The number of aromatic amines is 1. The molecule has 0 saturated heterocycles. The summed E-state index contributed by atoms with van der Waals surface area (Å²) in [6.45, 7) is 7.57. The number of phenols is 1. The van der Waals surface area contributed by atoms with Crippen molar-refractivity contribution in [1.82, 2.24) is 4.98 Å². The number of nitrogens with one attached hydrogen (secondary N) is 1. The molecule has 0 spiro atoms. The van der Waals surface area contributed by atoms with Gasteiger partial charge in [-0.3, -0.25) is 0 Å². The van der Waals surface area contributed by atoms with Gasteiger partial charge < -0.3 is 10.1 Å². The van der Waals surface area contributed by atoms with Crippen LogP contribution in [0.5, 0.6) is 5.75 Å². The van der Waals surface area contributed by atoms with E-state index < -0.39 is 0 Å². The number of fused-ring (bicyclic) bond motifs is 4. The summed E-state index contributed by atoms with van der Waals surface area (Å²) >= 11 is 0. The van der Waals surface area contributed by atoms with E-state index in [0.717, 1.165) is 23.9 Å². The average molecular weight is 305 g/mol. The molecule has 0 fully saturated rings. The third-order valence-corrected chi connectivity index (χ3v) is 4.84. The first-order chi connectivity index (χ1) is 11.1. The quantitative estimate of drug-likeness (QED) is 0.526. The van der Waals surface area contributed by atoms with E-state index in [0.29, 0.717) is 5.75 Å². The monoisotopic (exact) mass is 305 g/mol. The zero-order valence-electron chi connectivity index (χ0n) is 13.8. The van der Waals surface area contributed by atoms with Crippen LogP contribution in [0, 0.1) is 13.8 Å². The SMILES string of the molecule is CCC[n+]1ccc2c(C)c3[nH]c4ccc(O)cc4c3c(C)c2c1. The number of benzene rings is 2. The van der Waals surface area contributed by atoms with Gasteiger partial charge in [0.2, 0.25) is 0 Å². The predicted octanol–water partition coefficient (Wildman–Crippen LogP) is 4.49. The van der Waals surface area contributed by atoms with E-state index in [1.54, 1.807) is 6.07 Å². The summed E-state index contributed by atoms with van der Waals surface area (Å²) in [4.78, 5) is 3.53. The van der Waals surface area contributed by atoms with Crippen LogP contribution in [0.2, 0.25) is 0 Å². The molecule has 0 aliphatic carbocycles. The van der Waals surface area contributed by atoms with Crippen LogP contribution in [0.25, 0.3) is 32.6 Å². The van der Waals surface area contributed by atoms with Crippen molar-refractivity contribution in [3.8, 4) is 5.75 Å². The van der Waals surface area contributed by atoms with Gasteiger partial charge in [-0.2, -0.15) is 0 Å². The number of hydrogen-bond acceptors (Lipinski definition) is 1. The standard InChI is InChI=1S/C20H20N2O/c1-4-8-22-9-7-15-13(3)20-19(12(2)17(15)11-22)16-10-14(23)5-6-18(16)21-20/h5-7,9-11,23H,4,8H2,1-3H3/p+1. The molecule has 2 aromatic heterocycles. The largest absolute Gasteiger partial charge is 0.508 e. The van der Waals surface area contributed by atoms with E-state index >= 15 is 0 Å². The van der Waals surface area contributed by atoms with E-state index in [2.05, 4.69) is 48.8 Å². The molecule has 0 unspecified atom stereocenters. The van der Waals surface area contributed by atoms with Crippen molar-refractivity contribution >= 4 is 32.6 Å². The number of phenolic OH excluding ortho intramolecular Hbond substituents is 1. The van der Waals surface area contributed by atoms with Crippen molar-refractivity contribution in [2.75, 3.05) is 0 Å². The molecule has 0 amide bonds. The molecule has 23 heavy (non-hydrogen) atoms. The molecule has 0 bridgehead atoms. The van der Waals surface area contributed by atoms with Crippen LogP contribution in [0.4, 0.5) is 0 Å². The lowest BCUT2D eigenvalue weighted by Crippen LogP contribution is -2.32. The summed E-state index contributed by atoms with van der Waals surface area (Å²) in [6, 6.07) is 7.76. The number of hydrogen-bond donors (Lipinski definition) is 2. The second kappa shape index (κ2) is 4.98. The maximum absolute atomic E-state index is 9.88. The maximum Gasteiger partial charge on any atom is 0.176 e. The molecule has 2 N–H and O–H groups in total. The summed E-state index contributed by atoms with van der Waals surface area (Å²) < 4.78 is 2.26. The first-order valence-electron chi connectivity index (χ1n) is 8.16. The van der Waals surface area contributed by atoms with Gasteiger partial charge in [0.15, 0.2) is 12.4 Å². The fourth-order valence-corrected chi connectivity index (χ4v) is 3.68. The summed E-state index contributed by atoms with van der Waals surface area (Å²) in [5.74, 6) is 0.310. The molecule has 3 nitrogen and oxygen atoms in total. The number of aromatic nitrogens is 2. The minimum atomic E-state index is 0.310. The molecule has 0 radical (unpaired) electrons. The van der Waals surface area contributed by atoms with Crippen molar-refractivity contribution in [2.24, 2.45) is 0 Å². The van der Waals surface area contributed by atoms with E-state index in [9.17, 15) is 5.11 Å². The molecule has 116 valence electrons. The van der Waals surface area contributed by atoms with Gasteiger partial charge in [0.25, 0.3) is 0 Å². The Hall–Kier alpha value is -2.55. The molecular formula is C20H21N2O+. The first kappa shape index (κ1) is 14.1. The van der Waals surface area contributed by atoms with E-state index in [-0.39, 0.29) is 0 Å². The van der Waals surface area contributed by atoms with Crippen LogP contribution in [-0.2, 0) is 6.54 Å². The molecule has 3 heteroatoms. The highest BCUT2D eigenvalue weighted by molar-refractivity contribution is 6.16. The Kier molecular flexibility index (Phi) is 3.05. The number of aromatic hydroxyl groups is 1. The lowest BCUT2D eigenvalue weighted by atomic mass is 9.97. The Balaban J connectivity index is 2.19. The summed E-state index contributed by atoms with van der Waals surface area (Å²) in [5, 5.41) is 14.8. The molecule has 2 heterocycles. The fraction of sp³-hybridized carbons (Fsp3) is 0.250. The van der Waals surface area contributed by atoms with Crippen LogP contribution in [0.1, 0.15) is 24.5 Å². The lowest BCUT2D eigenvalue weighted by Gasteiger charge is -2.08. The van der Waals surface area contributed by atoms with Crippen molar-refractivity contribution < 1.29 is 9.67 Å². The Morgan fingerprint density at radius 3 is 2.65 bits per heavy atom. The predicted molar refractivity (Wildman–Crippen MR) is 94.9 cm³/mol. The molecule has 0 atom stereocenters. The summed E-state index contributed by atoms with van der Waals surface area (Å²) in [5.41, 5.74) is 4.77. The van der Waals surface area contributed by atoms with Crippen molar-refractivity contribution in [3.05, 3.63) is 47.8 Å². The van der Waals surface area contributed by atoms with Crippen LogP contribution >= 0.6 is 0 Å². The first-order valence-corrected chi connectivity index (χ1v) is 8.16. The zero-order chi connectivity index (χ0) is 16.1. The molecule has 2 aromatic carbocycles. The van der Waals surface area contributed by atoms with Gasteiger partial charge in [0.05, 0.1) is 5.52 Å². The highest BCUT2D eigenvalue weighted by Crippen LogP contribution is 2.36. The van der Waals surface area contributed by atoms with Crippen LogP contribution in [-0.4, -0.2) is 10.1 Å². The van der Waals surface area contributed by atoms with E-state index in [1.165, 1.54) is 32.8 Å². The van der Waals surface area contributed by atoms with E-state index in [1.807, 2.05) is 12.1 Å². The normalized spacial score (nSPS) is 11.8. The van der Waals surface area contributed by atoms with Crippen LogP contribution in [0.15, 0.2) is 36.7 Å². The van der Waals surface area contributed by atoms with Crippen molar-refractivity contribution in [3.63, 3.8) is 0 Å². The number of aryl methyl sites for hydroxylation is 3. The number of rotatable bonds is 2. The van der Waals surface area contributed by atoms with Gasteiger partial charge in [-0.05, 0) is 48.6 Å². The topological polar surface area (TPSA) is 39.9 Å². The second-order valence-corrected chi connectivity index (χ2v) is 6.36. The third kappa shape index (κ3) is 2.00. The Labute approximate surface area is 135 Å². The highest BCUT2D eigenvalue weighted by atomic mass is 16.3. The molecule has 0 aliphatic heterocycles. The van der Waals surface area contributed by atoms with Gasteiger partial charge in [-0.15, -0.1) is 0 Å². The Bertz CT molecular complexity index is 1060. The molecule has 0 aliphatic rings. The van der Waals surface area contributed by atoms with Crippen molar-refractivity contribution in [1.29, 1.82) is 0 Å². The fourth-order valence-electron chi connectivity index (χ4n) is 3.68. The minimum Gasteiger partial charge on any atom is -0.508 e. The third-order valence-electron chi connectivity index (χ3n) is 4.84. The van der Waals surface area contributed by atoms with Gasteiger partial charge >= 0.3 is 0 Å². The van der Waals surface area contributed by atoms with Crippen LogP contribution < -0.4 is 4.57 Å². The average Bonchev–Trinajstić information content (AvgIpc) is 2.92. The summed E-state index contributed by atoms with van der Waals surface area (Å²) in [6.07, 6.45) is 5.54. The maximum atomic E-state index is 9.88. The van der Waals surface area contributed by atoms with Gasteiger partial charge in [-0.1, -0.05) is 6.92 Å². The Morgan fingerprint density at radius 1 is 1.04 bits per heavy atom.